The zero-order valence-electron chi connectivity index (χ0n) is 7.76. The molecule has 14 heteroatoms. The summed E-state index contributed by atoms with van der Waals surface area (Å²) in [5.74, 6) is 0. The van der Waals surface area contributed by atoms with Crippen molar-refractivity contribution >= 4 is 64.2 Å². The third kappa shape index (κ3) is 352. The second-order valence-corrected chi connectivity index (χ2v) is 3.15. The molecule has 0 atom stereocenters. The molecular formula is H2Li2Mg2O8Si2. The summed E-state index contributed by atoms with van der Waals surface area (Å²) in [6.07, 6.45) is 0. The maximum absolute atomic E-state index is 8.80. The van der Waals surface area contributed by atoms with Crippen LogP contribution >= 0.6 is 0 Å². The van der Waals surface area contributed by atoms with Gasteiger partial charge in [-0.25, -0.2) is 0 Å². The summed E-state index contributed by atoms with van der Waals surface area (Å²) < 4.78 is 0. The van der Waals surface area contributed by atoms with Crippen molar-refractivity contribution in [2.45, 2.75) is 0 Å². The van der Waals surface area contributed by atoms with Gasteiger partial charge in [-0.15, -0.1) is 0 Å². The molecule has 0 saturated carbocycles. The van der Waals surface area contributed by atoms with Gasteiger partial charge < -0.3 is 47.4 Å². The summed E-state index contributed by atoms with van der Waals surface area (Å²) in [4.78, 5) is 66.1. The molecule has 0 spiro atoms. The van der Waals surface area contributed by atoms with E-state index in [-0.39, 0.29) is 83.8 Å². The van der Waals surface area contributed by atoms with Crippen molar-refractivity contribution in [1.29, 1.82) is 0 Å². The number of hydrogen-bond donors (Lipinski definition) is 2. The van der Waals surface area contributed by atoms with Crippen LogP contribution in [-0.2, 0) is 0 Å². The van der Waals surface area contributed by atoms with Gasteiger partial charge in [-0.05, 0) is 0 Å². The molecule has 8 nitrogen and oxygen atoms in total. The molecule has 0 aromatic heterocycles. The van der Waals surface area contributed by atoms with Crippen molar-refractivity contribution < 1.29 is 76.1 Å². The largest absolute Gasteiger partial charge is 2.00 e. The summed E-state index contributed by atoms with van der Waals surface area (Å²) in [6, 6.07) is 0. The first-order valence-electron chi connectivity index (χ1n) is 1.67. The Morgan fingerprint density at radius 1 is 0.643 bits per heavy atom. The summed E-state index contributed by atoms with van der Waals surface area (Å²) in [6.45, 7) is 0. The predicted molar refractivity (Wildman–Crippen MR) is 27.5 cm³/mol. The van der Waals surface area contributed by atoms with Gasteiger partial charge in [-0.3, -0.25) is 0 Å². The molecule has 0 saturated heterocycles. The monoisotopic (exact) mass is 248 g/mol. The second kappa shape index (κ2) is 15.8. The van der Waals surface area contributed by atoms with Crippen LogP contribution in [0.25, 0.3) is 0 Å². The van der Waals surface area contributed by atoms with Crippen LogP contribution in [0.1, 0.15) is 0 Å². The maximum atomic E-state index is 8.80. The maximum Gasteiger partial charge on any atom is 2.00 e. The molecule has 0 radical (unpaired) electrons. The summed E-state index contributed by atoms with van der Waals surface area (Å²) in [5.41, 5.74) is 0. The average molecular weight is 249 g/mol. The van der Waals surface area contributed by atoms with Crippen molar-refractivity contribution in [3.05, 3.63) is 0 Å². The van der Waals surface area contributed by atoms with Gasteiger partial charge in [0, 0.05) is 0 Å². The Labute approximate surface area is 139 Å². The van der Waals surface area contributed by atoms with Crippen LogP contribution in [0.15, 0.2) is 0 Å². The van der Waals surface area contributed by atoms with E-state index in [1.807, 2.05) is 0 Å². The van der Waals surface area contributed by atoms with E-state index < -0.39 is 18.1 Å². The number of hydrogen-bond acceptors (Lipinski definition) is 8. The Morgan fingerprint density at radius 3 is 0.643 bits per heavy atom. The van der Waals surface area contributed by atoms with Crippen molar-refractivity contribution in [1.82, 2.24) is 0 Å². The van der Waals surface area contributed by atoms with E-state index in [0.29, 0.717) is 0 Å². The van der Waals surface area contributed by atoms with E-state index >= 15 is 0 Å². The summed E-state index contributed by atoms with van der Waals surface area (Å²) in [7, 11) is -10.7. The molecule has 64 valence electrons. The molecule has 0 rings (SSSR count). The van der Waals surface area contributed by atoms with Gasteiger partial charge in [0.1, 0.15) is 9.05 Å². The van der Waals surface area contributed by atoms with E-state index in [1.54, 1.807) is 0 Å². The van der Waals surface area contributed by atoms with Crippen LogP contribution in [0.4, 0.5) is 0 Å². The minimum Gasteiger partial charge on any atom is -0.894 e. The molecule has 0 amide bonds. The van der Waals surface area contributed by atoms with Crippen LogP contribution < -0.4 is 66.5 Å². The third-order valence-electron chi connectivity index (χ3n) is 0. The van der Waals surface area contributed by atoms with Gasteiger partial charge in [-0.1, -0.05) is 0 Å². The van der Waals surface area contributed by atoms with Crippen LogP contribution in [-0.4, -0.2) is 73.8 Å². The SMILES string of the molecule is [Li+].[Li+].[Mg+2].[Mg+2].[O-][Si]([O-])(O)O.[O-][Si]([O-])([O-])[O-]. The molecule has 0 aliphatic rings. The topological polar surface area (TPSA) is 179 Å². The molecule has 0 heterocycles. The van der Waals surface area contributed by atoms with E-state index in [9.17, 15) is 0 Å². The number of rotatable bonds is 0. The molecule has 0 aliphatic carbocycles. The van der Waals surface area contributed by atoms with Crippen LogP contribution in [0.5, 0.6) is 0 Å². The summed E-state index contributed by atoms with van der Waals surface area (Å²) >= 11 is 0. The molecule has 2 N–H and O–H groups in total. The Bertz CT molecular complexity index is 66.3. The smallest absolute Gasteiger partial charge is 0.894 e. The van der Waals surface area contributed by atoms with Crippen LogP contribution in [0.2, 0.25) is 0 Å². The molecular weight excluding hydrogens is 247 g/mol. The molecule has 0 unspecified atom stereocenters. The van der Waals surface area contributed by atoms with Gasteiger partial charge in [0.05, 0.1) is 0 Å². The molecule has 14 heavy (non-hydrogen) atoms. The fourth-order valence-electron chi connectivity index (χ4n) is 0. The quantitative estimate of drug-likeness (QED) is 0.396. The molecule has 0 fully saturated rings. The van der Waals surface area contributed by atoms with Gasteiger partial charge in [0.25, 0.3) is 0 Å². The molecule has 0 aromatic carbocycles. The minimum atomic E-state index is -5.61. The molecule has 0 aromatic rings. The van der Waals surface area contributed by atoms with Gasteiger partial charge >= 0.3 is 83.8 Å². The minimum absolute atomic E-state index is 0. The summed E-state index contributed by atoms with van der Waals surface area (Å²) in [5, 5.41) is 0. The van der Waals surface area contributed by atoms with Crippen molar-refractivity contribution in [3.8, 4) is 0 Å². The van der Waals surface area contributed by atoms with Crippen LogP contribution in [0, 0.1) is 0 Å². The van der Waals surface area contributed by atoms with Gasteiger partial charge in [-0.2, -0.15) is 0 Å². The zero-order valence-corrected chi connectivity index (χ0v) is 12.6. The zero-order chi connectivity index (χ0) is 9.00. The Morgan fingerprint density at radius 2 is 0.643 bits per heavy atom. The Hall–Kier alpha value is 2.84. The molecule has 0 aliphatic heterocycles. The average Bonchev–Trinajstić information content (AvgIpc) is 1.12. The van der Waals surface area contributed by atoms with Gasteiger partial charge in [0.2, 0.25) is 0 Å². The van der Waals surface area contributed by atoms with E-state index in [0.717, 1.165) is 0 Å². The Kier molecular flexibility index (Phi) is 40.7. The van der Waals surface area contributed by atoms with Crippen molar-refractivity contribution in [2.75, 3.05) is 0 Å². The van der Waals surface area contributed by atoms with Gasteiger partial charge in [0.15, 0.2) is 0 Å². The predicted octanol–water partition coefficient (Wildman–Crippen LogP) is -15.8. The second-order valence-electron chi connectivity index (χ2n) is 1.05. The Balaban J connectivity index is -0.0000000178. The van der Waals surface area contributed by atoms with Crippen molar-refractivity contribution in [3.63, 3.8) is 0 Å². The first-order chi connectivity index (χ1) is 4.00. The normalized spacial score (nSPS) is 8.57. The van der Waals surface area contributed by atoms with Crippen molar-refractivity contribution in [2.24, 2.45) is 0 Å². The van der Waals surface area contributed by atoms with E-state index in [1.165, 1.54) is 0 Å². The standard InChI is InChI=1S/2Li.2Mg.H2O4Si.O4Si/c;;;;2*1-5(2,3)4/h;;;;1-2H;/q2*+1;2*+2;-2;-4. The first kappa shape index (κ1) is 36.0. The third-order valence-corrected chi connectivity index (χ3v) is 0. The first-order valence-corrected chi connectivity index (χ1v) is 5.02. The van der Waals surface area contributed by atoms with E-state index in [2.05, 4.69) is 0 Å². The van der Waals surface area contributed by atoms with E-state index in [4.69, 9.17) is 38.4 Å². The fourth-order valence-corrected chi connectivity index (χ4v) is 0. The fraction of sp³-hybridized carbons (Fsp3) is 0. The molecule has 0 bridgehead atoms. The van der Waals surface area contributed by atoms with Crippen LogP contribution in [0.3, 0.4) is 0 Å².